The first-order valence-corrected chi connectivity index (χ1v) is 10.2. The van der Waals surface area contributed by atoms with Crippen molar-refractivity contribution in [1.29, 1.82) is 0 Å². The van der Waals surface area contributed by atoms with Gasteiger partial charge in [-0.05, 0) is 48.1 Å². The van der Waals surface area contributed by atoms with E-state index in [1.54, 1.807) is 0 Å². The maximum atomic E-state index is 12.9. The average Bonchev–Trinajstić information content (AvgIpc) is 3.36. The standard InChI is InChI=1S/C23H25ClN2O/c1-2-16-6-5-7-19-21(15-25-23(16)19)20(17-8-10-18(24)11-9-17)14-22(27)26-12-3-4-13-26/h5-11,15,20,25H,2-4,12-14H2,1H3/t20-/m1/s1. The zero-order valence-corrected chi connectivity index (χ0v) is 16.4. The Morgan fingerprint density at radius 3 is 2.59 bits per heavy atom. The summed E-state index contributed by atoms with van der Waals surface area (Å²) in [6.45, 7) is 3.95. The minimum atomic E-state index is 0.0243. The van der Waals surface area contributed by atoms with Crippen LogP contribution in [0.1, 0.15) is 48.8 Å². The second kappa shape index (κ2) is 7.77. The highest BCUT2D eigenvalue weighted by molar-refractivity contribution is 6.30. The van der Waals surface area contributed by atoms with E-state index in [0.29, 0.717) is 6.42 Å². The van der Waals surface area contributed by atoms with E-state index < -0.39 is 0 Å². The molecular formula is C23H25ClN2O. The van der Waals surface area contributed by atoms with E-state index in [4.69, 9.17) is 11.6 Å². The van der Waals surface area contributed by atoms with Crippen LogP contribution in [0.25, 0.3) is 10.9 Å². The lowest BCUT2D eigenvalue weighted by atomic mass is 9.87. The molecule has 1 N–H and O–H groups in total. The van der Waals surface area contributed by atoms with Gasteiger partial charge in [0.1, 0.15) is 0 Å². The fraction of sp³-hybridized carbons (Fsp3) is 0.348. The Kier molecular flexibility index (Phi) is 5.22. The Morgan fingerprint density at radius 1 is 1.15 bits per heavy atom. The van der Waals surface area contributed by atoms with E-state index >= 15 is 0 Å². The first-order chi connectivity index (χ1) is 13.2. The molecule has 1 aliphatic rings. The van der Waals surface area contributed by atoms with Gasteiger partial charge < -0.3 is 9.88 Å². The summed E-state index contributed by atoms with van der Waals surface area (Å²) in [4.78, 5) is 18.4. The van der Waals surface area contributed by atoms with Gasteiger partial charge in [-0.3, -0.25) is 4.79 Å². The van der Waals surface area contributed by atoms with Crippen LogP contribution in [0.4, 0.5) is 0 Å². The molecule has 4 rings (SSSR count). The molecule has 1 saturated heterocycles. The maximum absolute atomic E-state index is 12.9. The van der Waals surface area contributed by atoms with Crippen molar-refractivity contribution in [1.82, 2.24) is 9.88 Å². The highest BCUT2D eigenvalue weighted by Gasteiger charge is 2.26. The summed E-state index contributed by atoms with van der Waals surface area (Å²) in [5.74, 6) is 0.268. The molecule has 0 spiro atoms. The molecule has 1 aromatic heterocycles. The number of H-pyrrole nitrogens is 1. The Morgan fingerprint density at radius 2 is 1.89 bits per heavy atom. The van der Waals surface area contributed by atoms with Gasteiger partial charge in [0.25, 0.3) is 0 Å². The number of para-hydroxylation sites is 1. The van der Waals surface area contributed by atoms with Gasteiger partial charge in [0, 0.05) is 47.6 Å². The van der Waals surface area contributed by atoms with E-state index in [0.717, 1.165) is 42.9 Å². The maximum Gasteiger partial charge on any atom is 0.223 e. The molecule has 2 heterocycles. The molecule has 140 valence electrons. The molecule has 0 saturated carbocycles. The van der Waals surface area contributed by atoms with Crippen molar-refractivity contribution in [2.45, 2.75) is 38.5 Å². The van der Waals surface area contributed by atoms with Crippen LogP contribution in [-0.2, 0) is 11.2 Å². The second-order valence-electron chi connectivity index (χ2n) is 7.33. The smallest absolute Gasteiger partial charge is 0.223 e. The fourth-order valence-corrected chi connectivity index (χ4v) is 4.32. The monoisotopic (exact) mass is 380 g/mol. The number of halogens is 1. The number of likely N-dealkylation sites (tertiary alicyclic amines) is 1. The summed E-state index contributed by atoms with van der Waals surface area (Å²) in [6.07, 6.45) is 5.79. The van der Waals surface area contributed by atoms with Gasteiger partial charge >= 0.3 is 0 Å². The zero-order valence-electron chi connectivity index (χ0n) is 15.7. The second-order valence-corrected chi connectivity index (χ2v) is 7.77. The normalized spacial score (nSPS) is 15.4. The molecule has 1 aliphatic heterocycles. The number of carbonyl (C=O) groups is 1. The molecule has 1 atom stereocenters. The van der Waals surface area contributed by atoms with Crippen molar-refractivity contribution in [2.24, 2.45) is 0 Å². The summed E-state index contributed by atoms with van der Waals surface area (Å²) in [6, 6.07) is 14.4. The van der Waals surface area contributed by atoms with Crippen molar-refractivity contribution in [3.05, 3.63) is 70.4 Å². The number of carbonyl (C=O) groups excluding carboxylic acids is 1. The molecule has 1 fully saturated rings. The van der Waals surface area contributed by atoms with Crippen molar-refractivity contribution in [3.63, 3.8) is 0 Å². The average molecular weight is 381 g/mol. The lowest BCUT2D eigenvalue weighted by Gasteiger charge is -2.21. The molecule has 27 heavy (non-hydrogen) atoms. The predicted octanol–water partition coefficient (Wildman–Crippen LogP) is 5.53. The fourth-order valence-electron chi connectivity index (χ4n) is 4.19. The minimum Gasteiger partial charge on any atom is -0.361 e. The molecule has 2 aromatic carbocycles. The first-order valence-electron chi connectivity index (χ1n) is 9.79. The minimum absolute atomic E-state index is 0.0243. The van der Waals surface area contributed by atoms with Crippen LogP contribution < -0.4 is 0 Å². The molecule has 0 unspecified atom stereocenters. The number of aryl methyl sites for hydroxylation is 1. The van der Waals surface area contributed by atoms with Gasteiger partial charge in [-0.25, -0.2) is 0 Å². The summed E-state index contributed by atoms with van der Waals surface area (Å²) in [7, 11) is 0. The lowest BCUT2D eigenvalue weighted by Crippen LogP contribution is -2.29. The first kappa shape index (κ1) is 18.1. The summed E-state index contributed by atoms with van der Waals surface area (Å²) in [5.41, 5.74) is 4.81. The SMILES string of the molecule is CCc1cccc2c([C@H](CC(=O)N3CCCC3)c3ccc(Cl)cc3)c[nH]c12. The van der Waals surface area contributed by atoms with Crippen LogP contribution in [0.3, 0.4) is 0 Å². The van der Waals surface area contributed by atoms with Crippen LogP contribution in [-0.4, -0.2) is 28.9 Å². The van der Waals surface area contributed by atoms with Gasteiger partial charge in [-0.15, -0.1) is 0 Å². The molecule has 1 amide bonds. The van der Waals surface area contributed by atoms with Crippen LogP contribution in [0.15, 0.2) is 48.7 Å². The largest absolute Gasteiger partial charge is 0.361 e. The van der Waals surface area contributed by atoms with Crippen LogP contribution >= 0.6 is 11.6 Å². The highest BCUT2D eigenvalue weighted by Crippen LogP contribution is 2.35. The van der Waals surface area contributed by atoms with E-state index in [9.17, 15) is 4.79 Å². The quantitative estimate of drug-likeness (QED) is 0.620. The number of nitrogens with zero attached hydrogens (tertiary/aromatic N) is 1. The molecule has 4 heteroatoms. The number of rotatable bonds is 5. The van der Waals surface area contributed by atoms with Crippen molar-refractivity contribution in [3.8, 4) is 0 Å². The molecule has 0 bridgehead atoms. The number of amides is 1. The highest BCUT2D eigenvalue weighted by atomic mass is 35.5. The van der Waals surface area contributed by atoms with E-state index in [2.05, 4.69) is 36.3 Å². The molecular weight excluding hydrogens is 356 g/mol. The molecule has 0 aliphatic carbocycles. The molecule has 3 aromatic rings. The molecule has 3 nitrogen and oxygen atoms in total. The number of hydrogen-bond acceptors (Lipinski definition) is 1. The van der Waals surface area contributed by atoms with Crippen LogP contribution in [0, 0.1) is 0 Å². The number of benzene rings is 2. The third-order valence-electron chi connectivity index (χ3n) is 5.70. The van der Waals surface area contributed by atoms with Gasteiger partial charge in [0.05, 0.1) is 0 Å². The Labute approximate surface area is 165 Å². The predicted molar refractivity (Wildman–Crippen MR) is 111 cm³/mol. The summed E-state index contributed by atoms with van der Waals surface area (Å²) < 4.78 is 0. The summed E-state index contributed by atoms with van der Waals surface area (Å²) >= 11 is 6.10. The van der Waals surface area contributed by atoms with E-state index in [1.165, 1.54) is 22.0 Å². The number of aromatic amines is 1. The van der Waals surface area contributed by atoms with E-state index in [1.807, 2.05) is 29.2 Å². The topological polar surface area (TPSA) is 36.1 Å². The third kappa shape index (κ3) is 3.61. The zero-order chi connectivity index (χ0) is 18.8. The van der Waals surface area contributed by atoms with E-state index in [-0.39, 0.29) is 11.8 Å². The van der Waals surface area contributed by atoms with Crippen LogP contribution in [0.5, 0.6) is 0 Å². The third-order valence-corrected chi connectivity index (χ3v) is 5.95. The van der Waals surface area contributed by atoms with Crippen LogP contribution in [0.2, 0.25) is 5.02 Å². The molecule has 0 radical (unpaired) electrons. The van der Waals surface area contributed by atoms with Crippen molar-refractivity contribution >= 4 is 28.4 Å². The van der Waals surface area contributed by atoms with Crippen molar-refractivity contribution in [2.75, 3.05) is 13.1 Å². The van der Waals surface area contributed by atoms with Gasteiger partial charge in [0.15, 0.2) is 0 Å². The Bertz CT molecular complexity index is 939. The van der Waals surface area contributed by atoms with Gasteiger partial charge in [-0.1, -0.05) is 48.9 Å². The van der Waals surface area contributed by atoms with Crippen molar-refractivity contribution < 1.29 is 4.79 Å². The van der Waals surface area contributed by atoms with Gasteiger partial charge in [-0.2, -0.15) is 0 Å². The number of hydrogen-bond donors (Lipinski definition) is 1. The Hall–Kier alpha value is -2.26. The summed E-state index contributed by atoms with van der Waals surface area (Å²) in [5, 5.41) is 1.93. The number of aromatic nitrogens is 1. The Balaban J connectivity index is 1.75. The number of nitrogens with one attached hydrogen (secondary N) is 1. The lowest BCUT2D eigenvalue weighted by molar-refractivity contribution is -0.130. The number of fused-ring (bicyclic) bond motifs is 1. The van der Waals surface area contributed by atoms with Gasteiger partial charge in [0.2, 0.25) is 5.91 Å².